The highest BCUT2D eigenvalue weighted by Gasteiger charge is 2.26. The highest BCUT2D eigenvalue weighted by molar-refractivity contribution is 5.17. The summed E-state index contributed by atoms with van der Waals surface area (Å²) in [6.07, 6.45) is 9.59. The Balaban J connectivity index is 1.49. The van der Waals surface area contributed by atoms with Crippen molar-refractivity contribution in [1.29, 1.82) is 0 Å². The highest BCUT2D eigenvalue weighted by Crippen LogP contribution is 2.38. The maximum Gasteiger partial charge on any atom is 0.0656 e. The van der Waals surface area contributed by atoms with Gasteiger partial charge in [0.25, 0.3) is 0 Å². The number of hydrogen-bond acceptors (Lipinski definition) is 2. The van der Waals surface area contributed by atoms with Gasteiger partial charge in [-0.1, -0.05) is 19.3 Å². The lowest BCUT2D eigenvalue weighted by Gasteiger charge is -2.22. The first-order valence-electron chi connectivity index (χ1n) is 6.69. The maximum absolute atomic E-state index is 4.38. The van der Waals surface area contributed by atoms with Gasteiger partial charge in [0.15, 0.2) is 0 Å². The van der Waals surface area contributed by atoms with Gasteiger partial charge in [-0.05, 0) is 31.7 Å². The number of nitrogens with zero attached hydrogens (tertiary/aromatic N) is 1. The largest absolute Gasteiger partial charge is 0.308 e. The molecule has 0 atom stereocenters. The van der Waals surface area contributed by atoms with Gasteiger partial charge in [-0.3, -0.25) is 5.10 Å². The fraction of sp³-hybridized carbons (Fsp3) is 0.769. The average Bonchev–Trinajstić information content (AvgIpc) is 3.08. The van der Waals surface area contributed by atoms with Crippen molar-refractivity contribution in [2.75, 3.05) is 0 Å². The van der Waals surface area contributed by atoms with Gasteiger partial charge in [-0.25, -0.2) is 0 Å². The fourth-order valence-electron chi connectivity index (χ4n) is 2.62. The van der Waals surface area contributed by atoms with Crippen LogP contribution in [-0.4, -0.2) is 16.2 Å². The van der Waals surface area contributed by atoms with E-state index in [1.54, 1.807) is 0 Å². The van der Waals surface area contributed by atoms with E-state index >= 15 is 0 Å². The molecule has 2 aliphatic carbocycles. The quantitative estimate of drug-likeness (QED) is 0.817. The van der Waals surface area contributed by atoms with Gasteiger partial charge < -0.3 is 5.32 Å². The molecule has 1 aromatic rings. The predicted octanol–water partition coefficient (Wildman–Crippen LogP) is 2.71. The summed E-state index contributed by atoms with van der Waals surface area (Å²) in [7, 11) is 0. The summed E-state index contributed by atoms with van der Waals surface area (Å²) < 4.78 is 0. The lowest BCUT2D eigenvalue weighted by atomic mass is 9.95. The summed E-state index contributed by atoms with van der Waals surface area (Å²) in [5, 5.41) is 11.2. The molecule has 0 bridgehead atoms. The van der Waals surface area contributed by atoms with Crippen LogP contribution in [0.2, 0.25) is 0 Å². The molecule has 0 unspecified atom stereocenters. The standard InChI is InChI=1S/C13H21N3/c1-2-4-11(5-3-1)14-9-12-8-13(16-15-12)10-6-7-10/h8,10-11,14H,1-7,9H2,(H,15,16). The summed E-state index contributed by atoms with van der Waals surface area (Å²) in [5.74, 6) is 0.764. The molecule has 0 aliphatic heterocycles. The third-order valence-electron chi connectivity index (χ3n) is 3.83. The molecule has 3 nitrogen and oxygen atoms in total. The zero-order chi connectivity index (χ0) is 10.8. The summed E-state index contributed by atoms with van der Waals surface area (Å²) in [5.41, 5.74) is 2.54. The Morgan fingerprint density at radius 2 is 2.00 bits per heavy atom. The van der Waals surface area contributed by atoms with E-state index in [-0.39, 0.29) is 0 Å². The Hall–Kier alpha value is -0.830. The lowest BCUT2D eigenvalue weighted by Crippen LogP contribution is -2.30. The second-order valence-corrected chi connectivity index (χ2v) is 5.31. The van der Waals surface area contributed by atoms with Crippen molar-refractivity contribution in [3.05, 3.63) is 17.5 Å². The number of rotatable bonds is 4. The summed E-state index contributed by atoms with van der Waals surface area (Å²) >= 11 is 0. The first kappa shape index (κ1) is 10.3. The third kappa shape index (κ3) is 2.46. The van der Waals surface area contributed by atoms with Crippen LogP contribution in [0.15, 0.2) is 6.07 Å². The zero-order valence-electron chi connectivity index (χ0n) is 9.84. The van der Waals surface area contributed by atoms with Gasteiger partial charge in [-0.15, -0.1) is 0 Å². The molecule has 0 radical (unpaired) electrons. The van der Waals surface area contributed by atoms with Crippen LogP contribution in [0.4, 0.5) is 0 Å². The maximum atomic E-state index is 4.38. The molecule has 0 amide bonds. The van der Waals surface area contributed by atoms with Crippen molar-refractivity contribution < 1.29 is 0 Å². The van der Waals surface area contributed by atoms with Gasteiger partial charge >= 0.3 is 0 Å². The SMILES string of the molecule is c1c(C2CC2)n[nH]c1CNC1CCCCC1. The van der Waals surface area contributed by atoms with Gasteiger partial charge in [0.2, 0.25) is 0 Å². The van der Waals surface area contributed by atoms with E-state index < -0.39 is 0 Å². The molecule has 2 saturated carbocycles. The molecular formula is C13H21N3. The number of aromatic amines is 1. The smallest absolute Gasteiger partial charge is 0.0656 e. The Bertz CT molecular complexity index is 335. The Labute approximate surface area is 97.0 Å². The van der Waals surface area contributed by atoms with Gasteiger partial charge in [0.05, 0.1) is 5.69 Å². The van der Waals surface area contributed by atoms with E-state index in [1.807, 2.05) is 0 Å². The first-order chi connectivity index (χ1) is 7.92. The normalized spacial score (nSPS) is 22.5. The van der Waals surface area contributed by atoms with Crippen LogP contribution in [0.5, 0.6) is 0 Å². The summed E-state index contributed by atoms with van der Waals surface area (Å²) in [4.78, 5) is 0. The third-order valence-corrected chi connectivity index (χ3v) is 3.83. The minimum Gasteiger partial charge on any atom is -0.308 e. The van der Waals surface area contributed by atoms with Gasteiger partial charge in [-0.2, -0.15) is 5.10 Å². The molecule has 0 spiro atoms. The molecular weight excluding hydrogens is 198 g/mol. The average molecular weight is 219 g/mol. The molecule has 1 heterocycles. The van der Waals surface area contributed by atoms with Crippen LogP contribution in [0.25, 0.3) is 0 Å². The summed E-state index contributed by atoms with van der Waals surface area (Å²) in [6, 6.07) is 2.98. The molecule has 16 heavy (non-hydrogen) atoms. The molecule has 2 fully saturated rings. The van der Waals surface area contributed by atoms with Crippen LogP contribution in [0, 0.1) is 0 Å². The molecule has 0 aromatic carbocycles. The van der Waals surface area contributed by atoms with Crippen molar-refractivity contribution in [3.8, 4) is 0 Å². The minimum atomic E-state index is 0.737. The van der Waals surface area contributed by atoms with Crippen LogP contribution >= 0.6 is 0 Å². The molecule has 0 saturated heterocycles. The van der Waals surface area contributed by atoms with E-state index in [9.17, 15) is 0 Å². The fourth-order valence-corrected chi connectivity index (χ4v) is 2.62. The van der Waals surface area contributed by atoms with E-state index in [0.29, 0.717) is 0 Å². The van der Waals surface area contributed by atoms with Crippen LogP contribution in [-0.2, 0) is 6.54 Å². The lowest BCUT2D eigenvalue weighted by molar-refractivity contribution is 0.371. The molecule has 2 N–H and O–H groups in total. The molecule has 1 aromatic heterocycles. The Morgan fingerprint density at radius 1 is 1.19 bits per heavy atom. The zero-order valence-corrected chi connectivity index (χ0v) is 9.84. The predicted molar refractivity (Wildman–Crippen MR) is 64.3 cm³/mol. The highest BCUT2D eigenvalue weighted by atomic mass is 15.1. The number of hydrogen-bond donors (Lipinski definition) is 2. The molecule has 2 aliphatic rings. The Morgan fingerprint density at radius 3 is 2.75 bits per heavy atom. The Kier molecular flexibility index (Phi) is 2.96. The van der Waals surface area contributed by atoms with Crippen molar-refractivity contribution in [2.45, 2.75) is 63.5 Å². The topological polar surface area (TPSA) is 40.7 Å². The number of H-pyrrole nitrogens is 1. The van der Waals surface area contributed by atoms with Crippen LogP contribution in [0.3, 0.4) is 0 Å². The van der Waals surface area contributed by atoms with Crippen molar-refractivity contribution in [3.63, 3.8) is 0 Å². The summed E-state index contributed by atoms with van der Waals surface area (Å²) in [6.45, 7) is 0.963. The van der Waals surface area contributed by atoms with E-state index in [1.165, 1.54) is 56.3 Å². The van der Waals surface area contributed by atoms with Gasteiger partial charge in [0.1, 0.15) is 0 Å². The molecule has 3 rings (SSSR count). The van der Waals surface area contributed by atoms with Crippen molar-refractivity contribution >= 4 is 0 Å². The van der Waals surface area contributed by atoms with Crippen LogP contribution < -0.4 is 5.32 Å². The molecule has 88 valence electrons. The number of aromatic nitrogens is 2. The molecule has 3 heteroatoms. The van der Waals surface area contributed by atoms with Gasteiger partial charge in [0, 0.05) is 24.2 Å². The van der Waals surface area contributed by atoms with E-state index in [2.05, 4.69) is 21.6 Å². The van der Waals surface area contributed by atoms with Crippen LogP contribution in [0.1, 0.15) is 62.3 Å². The van der Waals surface area contributed by atoms with Crippen molar-refractivity contribution in [2.24, 2.45) is 0 Å². The van der Waals surface area contributed by atoms with E-state index in [4.69, 9.17) is 0 Å². The second-order valence-electron chi connectivity index (χ2n) is 5.31. The first-order valence-corrected chi connectivity index (χ1v) is 6.69. The van der Waals surface area contributed by atoms with E-state index in [0.717, 1.165) is 18.5 Å². The minimum absolute atomic E-state index is 0.737. The van der Waals surface area contributed by atoms with Crippen molar-refractivity contribution in [1.82, 2.24) is 15.5 Å². The monoisotopic (exact) mass is 219 g/mol. The second kappa shape index (κ2) is 4.58. The number of nitrogens with one attached hydrogen (secondary N) is 2.